The van der Waals surface area contributed by atoms with E-state index in [1.165, 1.54) is 11.1 Å². The number of likely N-dealkylation sites (N-methyl/N-ethyl adjacent to an activating group) is 1. The lowest BCUT2D eigenvalue weighted by Crippen LogP contribution is -2.27. The Bertz CT molecular complexity index is 715. The van der Waals surface area contributed by atoms with Gasteiger partial charge < -0.3 is 16.0 Å². The Balaban J connectivity index is 1.62. The molecule has 126 valence electrons. The summed E-state index contributed by atoms with van der Waals surface area (Å²) in [6, 6.07) is 13.6. The van der Waals surface area contributed by atoms with Crippen molar-refractivity contribution in [2.45, 2.75) is 18.9 Å². The summed E-state index contributed by atoms with van der Waals surface area (Å²) < 4.78 is 0. The van der Waals surface area contributed by atoms with E-state index in [0.717, 1.165) is 36.6 Å². The molecule has 0 unspecified atom stereocenters. The molecule has 0 spiro atoms. The molecule has 2 aromatic rings. The lowest BCUT2D eigenvalue weighted by molar-refractivity contribution is 0.0937. The van der Waals surface area contributed by atoms with Crippen LogP contribution in [0.4, 0.5) is 5.69 Å². The quantitative estimate of drug-likeness (QED) is 0.705. The van der Waals surface area contributed by atoms with Gasteiger partial charge in [0, 0.05) is 29.4 Å². The number of aryl methyl sites for hydroxylation is 1. The van der Waals surface area contributed by atoms with E-state index >= 15 is 0 Å². The Hall–Kier alpha value is -2.04. The third-order valence-corrected chi connectivity index (χ3v) is 4.57. The number of amides is 1. The molecule has 3 N–H and O–H groups in total. The number of hydrogen-bond donors (Lipinski definition) is 3. The maximum Gasteiger partial charge on any atom is 0.251 e. The molecular formula is C19H22ClN3O. The molecule has 0 fully saturated rings. The first kappa shape index (κ1) is 16.8. The Morgan fingerprint density at radius 3 is 2.71 bits per heavy atom. The molecule has 1 atom stereocenters. The number of fused-ring (bicyclic) bond motifs is 1. The first-order valence-corrected chi connectivity index (χ1v) is 8.63. The molecule has 1 amide bonds. The Morgan fingerprint density at radius 1 is 1.17 bits per heavy atom. The third-order valence-electron chi connectivity index (χ3n) is 4.34. The van der Waals surface area contributed by atoms with Crippen LogP contribution in [0.15, 0.2) is 42.5 Å². The smallest absolute Gasteiger partial charge is 0.251 e. The summed E-state index contributed by atoms with van der Waals surface area (Å²) in [5.74, 6) is -0.0374. The molecule has 24 heavy (non-hydrogen) atoms. The number of anilines is 1. The van der Waals surface area contributed by atoms with Gasteiger partial charge in [0.05, 0.1) is 6.04 Å². The van der Waals surface area contributed by atoms with Crippen molar-refractivity contribution in [1.82, 2.24) is 10.6 Å². The Kier molecular flexibility index (Phi) is 5.38. The zero-order valence-corrected chi connectivity index (χ0v) is 14.5. The highest BCUT2D eigenvalue weighted by Gasteiger charge is 2.24. The standard InChI is InChI=1S/C19H22ClN3O/c1-21-10-11-22-16-6-2-13(3-7-16)19(24)23-18-9-4-14-12-15(20)5-8-17(14)18/h2-3,5-8,12,18,21-22H,4,9-11H2,1H3,(H,23,24)/t18-/m1/s1. The molecule has 4 nitrogen and oxygen atoms in total. The number of halogens is 1. The van der Waals surface area contributed by atoms with Gasteiger partial charge in [-0.1, -0.05) is 17.7 Å². The molecule has 0 aromatic heterocycles. The van der Waals surface area contributed by atoms with E-state index in [4.69, 9.17) is 11.6 Å². The maximum absolute atomic E-state index is 12.5. The lowest BCUT2D eigenvalue weighted by Gasteiger charge is -2.14. The van der Waals surface area contributed by atoms with Gasteiger partial charge in [0.1, 0.15) is 0 Å². The first-order valence-electron chi connectivity index (χ1n) is 8.25. The van der Waals surface area contributed by atoms with E-state index in [2.05, 4.69) is 16.0 Å². The van der Waals surface area contributed by atoms with E-state index in [1.807, 2.05) is 49.5 Å². The molecule has 5 heteroatoms. The molecule has 0 saturated carbocycles. The topological polar surface area (TPSA) is 53.2 Å². The fourth-order valence-corrected chi connectivity index (χ4v) is 3.24. The normalized spacial score (nSPS) is 15.8. The van der Waals surface area contributed by atoms with Crippen LogP contribution in [0.2, 0.25) is 5.02 Å². The number of carbonyl (C=O) groups is 1. The molecule has 0 aliphatic heterocycles. The van der Waals surface area contributed by atoms with Crippen molar-refractivity contribution in [2.75, 3.05) is 25.5 Å². The van der Waals surface area contributed by atoms with Gasteiger partial charge in [-0.05, 0) is 67.4 Å². The predicted molar refractivity (Wildman–Crippen MR) is 98.8 cm³/mol. The van der Waals surface area contributed by atoms with Crippen LogP contribution in [0.5, 0.6) is 0 Å². The van der Waals surface area contributed by atoms with Crippen molar-refractivity contribution >= 4 is 23.2 Å². The number of nitrogens with one attached hydrogen (secondary N) is 3. The number of benzene rings is 2. The van der Waals surface area contributed by atoms with Crippen molar-refractivity contribution in [3.8, 4) is 0 Å². The second kappa shape index (κ2) is 7.69. The fraction of sp³-hybridized carbons (Fsp3) is 0.316. The highest BCUT2D eigenvalue weighted by molar-refractivity contribution is 6.30. The van der Waals surface area contributed by atoms with E-state index < -0.39 is 0 Å². The molecule has 1 aliphatic rings. The van der Waals surface area contributed by atoms with Gasteiger partial charge in [0.2, 0.25) is 0 Å². The van der Waals surface area contributed by atoms with Gasteiger partial charge in [-0.2, -0.15) is 0 Å². The molecular weight excluding hydrogens is 322 g/mol. The highest BCUT2D eigenvalue weighted by Crippen LogP contribution is 2.33. The van der Waals surface area contributed by atoms with Crippen molar-refractivity contribution in [1.29, 1.82) is 0 Å². The van der Waals surface area contributed by atoms with Crippen molar-refractivity contribution in [2.24, 2.45) is 0 Å². The molecule has 3 rings (SSSR count). The largest absolute Gasteiger partial charge is 0.384 e. The molecule has 1 aliphatic carbocycles. The van der Waals surface area contributed by atoms with Crippen LogP contribution in [0.1, 0.15) is 33.9 Å². The second-order valence-corrected chi connectivity index (χ2v) is 6.45. The summed E-state index contributed by atoms with van der Waals surface area (Å²) in [6.45, 7) is 1.75. The van der Waals surface area contributed by atoms with E-state index in [9.17, 15) is 4.79 Å². The zero-order valence-electron chi connectivity index (χ0n) is 13.7. The minimum atomic E-state index is -0.0374. The van der Waals surface area contributed by atoms with Gasteiger partial charge in [-0.15, -0.1) is 0 Å². The average Bonchev–Trinajstić information content (AvgIpc) is 2.97. The van der Waals surface area contributed by atoms with Gasteiger partial charge in [0.25, 0.3) is 5.91 Å². The van der Waals surface area contributed by atoms with Crippen LogP contribution in [0.3, 0.4) is 0 Å². The number of hydrogen-bond acceptors (Lipinski definition) is 3. The monoisotopic (exact) mass is 343 g/mol. The number of rotatable bonds is 6. The molecule has 0 radical (unpaired) electrons. The van der Waals surface area contributed by atoms with Crippen LogP contribution in [0.25, 0.3) is 0 Å². The summed E-state index contributed by atoms with van der Waals surface area (Å²) in [7, 11) is 1.92. The van der Waals surface area contributed by atoms with Crippen molar-refractivity contribution in [3.05, 3.63) is 64.2 Å². The minimum absolute atomic E-state index is 0.0374. The van der Waals surface area contributed by atoms with Crippen LogP contribution < -0.4 is 16.0 Å². The van der Waals surface area contributed by atoms with Gasteiger partial charge >= 0.3 is 0 Å². The Labute approximate surface area is 147 Å². The van der Waals surface area contributed by atoms with E-state index in [-0.39, 0.29) is 11.9 Å². The van der Waals surface area contributed by atoms with Crippen LogP contribution in [0, 0.1) is 0 Å². The van der Waals surface area contributed by atoms with Crippen molar-refractivity contribution < 1.29 is 4.79 Å². The zero-order chi connectivity index (χ0) is 16.9. The lowest BCUT2D eigenvalue weighted by atomic mass is 10.1. The fourth-order valence-electron chi connectivity index (χ4n) is 3.05. The molecule has 0 saturated heterocycles. The van der Waals surface area contributed by atoms with Crippen molar-refractivity contribution in [3.63, 3.8) is 0 Å². The SMILES string of the molecule is CNCCNc1ccc(C(=O)N[C@@H]2CCc3cc(Cl)ccc32)cc1. The van der Waals surface area contributed by atoms with E-state index in [0.29, 0.717) is 5.56 Å². The Morgan fingerprint density at radius 2 is 1.96 bits per heavy atom. The summed E-state index contributed by atoms with van der Waals surface area (Å²) in [4.78, 5) is 12.5. The van der Waals surface area contributed by atoms with Crippen LogP contribution in [-0.4, -0.2) is 26.0 Å². The minimum Gasteiger partial charge on any atom is -0.384 e. The first-order chi connectivity index (χ1) is 11.7. The van der Waals surface area contributed by atoms with Gasteiger partial charge in [-0.25, -0.2) is 0 Å². The summed E-state index contributed by atoms with van der Waals surface area (Å²) in [6.07, 6.45) is 1.88. The average molecular weight is 344 g/mol. The highest BCUT2D eigenvalue weighted by atomic mass is 35.5. The molecule has 2 aromatic carbocycles. The number of carbonyl (C=O) groups excluding carboxylic acids is 1. The summed E-state index contributed by atoms with van der Waals surface area (Å²) in [5, 5.41) is 10.3. The summed E-state index contributed by atoms with van der Waals surface area (Å²) >= 11 is 6.04. The summed E-state index contributed by atoms with van der Waals surface area (Å²) in [5.41, 5.74) is 4.11. The third kappa shape index (κ3) is 3.89. The van der Waals surface area contributed by atoms with Crippen LogP contribution in [-0.2, 0) is 6.42 Å². The predicted octanol–water partition coefficient (Wildman–Crippen LogP) is 3.39. The second-order valence-electron chi connectivity index (χ2n) is 6.02. The van der Waals surface area contributed by atoms with E-state index in [1.54, 1.807) is 0 Å². The van der Waals surface area contributed by atoms with Crippen LogP contribution >= 0.6 is 11.6 Å². The molecule has 0 heterocycles. The van der Waals surface area contributed by atoms with Gasteiger partial charge in [0.15, 0.2) is 0 Å². The van der Waals surface area contributed by atoms with Gasteiger partial charge in [-0.3, -0.25) is 4.79 Å². The molecule has 0 bridgehead atoms. The maximum atomic E-state index is 12.5.